The Hall–Kier alpha value is -2.22. The zero-order valence-corrected chi connectivity index (χ0v) is 14.1. The normalized spacial score (nSPS) is 23.5. The van der Waals surface area contributed by atoms with Crippen molar-refractivity contribution < 1.29 is 8.78 Å². The summed E-state index contributed by atoms with van der Waals surface area (Å²) in [5.74, 6) is -0.166. The molecule has 0 fully saturated rings. The molecule has 24 heavy (non-hydrogen) atoms. The lowest BCUT2D eigenvalue weighted by molar-refractivity contribution is 0.452. The van der Waals surface area contributed by atoms with E-state index in [0.29, 0.717) is 11.1 Å². The van der Waals surface area contributed by atoms with Gasteiger partial charge < -0.3 is 0 Å². The number of fused-ring (bicyclic) bond motifs is 2. The maximum Gasteiger partial charge on any atom is 0.130 e. The summed E-state index contributed by atoms with van der Waals surface area (Å²) in [6, 6.07) is 15.3. The summed E-state index contributed by atoms with van der Waals surface area (Å²) in [6.07, 6.45) is 0. The van der Waals surface area contributed by atoms with E-state index in [4.69, 9.17) is 0 Å². The van der Waals surface area contributed by atoms with Gasteiger partial charge in [-0.25, -0.2) is 8.78 Å². The molecule has 0 spiro atoms. The van der Waals surface area contributed by atoms with Gasteiger partial charge in [-0.05, 0) is 42.0 Å². The average molecular weight is 322 g/mol. The second-order valence-electron chi connectivity index (χ2n) is 6.98. The number of hydrogen-bond donors (Lipinski definition) is 0. The molecule has 0 saturated carbocycles. The van der Waals surface area contributed by atoms with Crippen LogP contribution in [0.25, 0.3) is 11.7 Å². The first-order chi connectivity index (χ1) is 11.5. The summed E-state index contributed by atoms with van der Waals surface area (Å²) in [6.45, 7) is 5.85. The van der Waals surface area contributed by atoms with Gasteiger partial charge >= 0.3 is 0 Å². The third-order valence-electron chi connectivity index (χ3n) is 5.74. The summed E-state index contributed by atoms with van der Waals surface area (Å²) in [5.41, 5.74) is 4.97. The van der Waals surface area contributed by atoms with E-state index in [1.807, 2.05) is 62.4 Å². The van der Waals surface area contributed by atoms with E-state index in [0.717, 1.165) is 22.3 Å². The summed E-state index contributed by atoms with van der Waals surface area (Å²) < 4.78 is 29.3. The van der Waals surface area contributed by atoms with Crippen LogP contribution in [0.15, 0.2) is 59.7 Å². The molecule has 0 saturated heterocycles. The minimum atomic E-state index is -0.115. The summed E-state index contributed by atoms with van der Waals surface area (Å²) in [4.78, 5) is 0. The number of rotatable bonds is 2. The summed E-state index contributed by atoms with van der Waals surface area (Å²) >= 11 is 0. The van der Waals surface area contributed by atoms with Gasteiger partial charge in [-0.1, -0.05) is 55.5 Å². The molecule has 0 bridgehead atoms. The van der Waals surface area contributed by atoms with Gasteiger partial charge in [0.15, 0.2) is 0 Å². The number of hydrogen-bond acceptors (Lipinski definition) is 0. The molecule has 2 aromatic carbocycles. The number of benzene rings is 2. The number of halogens is 2. The second-order valence-corrected chi connectivity index (χ2v) is 6.98. The molecular weight excluding hydrogens is 302 g/mol. The molecule has 4 rings (SSSR count). The lowest BCUT2D eigenvalue weighted by Crippen LogP contribution is -2.18. The molecule has 2 aromatic rings. The molecule has 0 nitrogen and oxygen atoms in total. The molecule has 2 aliphatic carbocycles. The Morgan fingerprint density at radius 2 is 1.08 bits per heavy atom. The molecular formula is C22H20F2. The van der Waals surface area contributed by atoms with Crippen LogP contribution in [0.2, 0.25) is 0 Å². The highest BCUT2D eigenvalue weighted by molar-refractivity contribution is 5.76. The van der Waals surface area contributed by atoms with Crippen molar-refractivity contribution in [3.05, 3.63) is 81.9 Å². The lowest BCUT2D eigenvalue weighted by Gasteiger charge is -2.29. The predicted molar refractivity (Wildman–Crippen MR) is 94.9 cm³/mol. The quantitative estimate of drug-likeness (QED) is 0.583. The fourth-order valence-electron chi connectivity index (χ4n) is 4.65. The molecule has 2 heteroatoms. The molecule has 0 N–H and O–H groups in total. The standard InChI is InChI=1S/C22H20F2/c1-12(19-13(2)21(23)17-10-6-4-8-15(17)19)20-14(3)22(24)18-11-7-5-9-16(18)20/h4-12,19-20H,1-3H3. The van der Waals surface area contributed by atoms with Gasteiger partial charge in [0, 0.05) is 23.0 Å². The Kier molecular flexibility index (Phi) is 3.45. The van der Waals surface area contributed by atoms with Gasteiger partial charge in [-0.2, -0.15) is 0 Å². The van der Waals surface area contributed by atoms with Crippen molar-refractivity contribution in [3.63, 3.8) is 0 Å². The molecule has 0 aliphatic heterocycles. The maximum absolute atomic E-state index is 14.7. The second kappa shape index (κ2) is 5.41. The zero-order chi connectivity index (χ0) is 17.0. The van der Waals surface area contributed by atoms with Gasteiger partial charge in [0.05, 0.1) is 0 Å². The van der Waals surface area contributed by atoms with Crippen LogP contribution in [-0.2, 0) is 0 Å². The van der Waals surface area contributed by atoms with Crippen molar-refractivity contribution in [1.82, 2.24) is 0 Å². The van der Waals surface area contributed by atoms with Crippen LogP contribution >= 0.6 is 0 Å². The Morgan fingerprint density at radius 1 is 0.708 bits per heavy atom. The monoisotopic (exact) mass is 322 g/mol. The summed E-state index contributed by atoms with van der Waals surface area (Å²) in [7, 11) is 0. The molecule has 0 aromatic heterocycles. The van der Waals surface area contributed by atoms with Crippen LogP contribution in [-0.4, -0.2) is 0 Å². The van der Waals surface area contributed by atoms with Crippen molar-refractivity contribution in [3.8, 4) is 0 Å². The van der Waals surface area contributed by atoms with E-state index in [2.05, 4.69) is 6.92 Å². The van der Waals surface area contributed by atoms with E-state index >= 15 is 0 Å². The molecule has 0 heterocycles. The van der Waals surface area contributed by atoms with Crippen LogP contribution in [0.1, 0.15) is 54.9 Å². The highest BCUT2D eigenvalue weighted by atomic mass is 19.1. The molecule has 0 radical (unpaired) electrons. The molecule has 2 aliphatic rings. The van der Waals surface area contributed by atoms with Crippen molar-refractivity contribution >= 4 is 11.7 Å². The van der Waals surface area contributed by atoms with Crippen molar-refractivity contribution in [2.75, 3.05) is 0 Å². The first-order valence-corrected chi connectivity index (χ1v) is 8.43. The van der Waals surface area contributed by atoms with Gasteiger partial charge in [0.2, 0.25) is 0 Å². The van der Waals surface area contributed by atoms with E-state index in [1.54, 1.807) is 0 Å². The third-order valence-corrected chi connectivity index (χ3v) is 5.74. The molecule has 0 amide bonds. The molecule has 2 unspecified atom stereocenters. The Balaban J connectivity index is 1.82. The first-order valence-electron chi connectivity index (χ1n) is 8.43. The van der Waals surface area contributed by atoms with Crippen LogP contribution in [0.4, 0.5) is 8.78 Å². The third kappa shape index (κ3) is 1.95. The van der Waals surface area contributed by atoms with Crippen LogP contribution in [0.3, 0.4) is 0 Å². The van der Waals surface area contributed by atoms with Gasteiger partial charge in [-0.15, -0.1) is 0 Å². The Morgan fingerprint density at radius 3 is 1.50 bits per heavy atom. The first kappa shape index (κ1) is 15.3. The Bertz CT molecular complexity index is 815. The fraction of sp³-hybridized carbons (Fsp3) is 0.273. The smallest absolute Gasteiger partial charge is 0.130 e. The van der Waals surface area contributed by atoms with Crippen molar-refractivity contribution in [2.24, 2.45) is 5.92 Å². The predicted octanol–water partition coefficient (Wildman–Crippen LogP) is 6.62. The van der Waals surface area contributed by atoms with Gasteiger partial charge in [-0.3, -0.25) is 0 Å². The molecule has 2 atom stereocenters. The van der Waals surface area contributed by atoms with Crippen LogP contribution < -0.4 is 0 Å². The maximum atomic E-state index is 14.7. The summed E-state index contributed by atoms with van der Waals surface area (Å²) in [5, 5.41) is 0. The van der Waals surface area contributed by atoms with Crippen LogP contribution in [0, 0.1) is 5.92 Å². The van der Waals surface area contributed by atoms with Gasteiger partial charge in [0.1, 0.15) is 11.7 Å². The fourth-order valence-corrected chi connectivity index (χ4v) is 4.65. The topological polar surface area (TPSA) is 0 Å². The highest BCUT2D eigenvalue weighted by Gasteiger charge is 2.40. The minimum Gasteiger partial charge on any atom is -0.206 e. The van der Waals surface area contributed by atoms with E-state index < -0.39 is 0 Å². The highest BCUT2D eigenvalue weighted by Crippen LogP contribution is 2.54. The van der Waals surface area contributed by atoms with Gasteiger partial charge in [0.25, 0.3) is 0 Å². The lowest BCUT2D eigenvalue weighted by atomic mass is 9.73. The van der Waals surface area contributed by atoms with E-state index in [1.165, 1.54) is 0 Å². The molecule has 122 valence electrons. The SMILES string of the molecule is CC1=C(F)c2ccccc2C1C(C)C1C(C)=C(F)c2ccccc21. The van der Waals surface area contributed by atoms with Crippen LogP contribution in [0.5, 0.6) is 0 Å². The van der Waals surface area contributed by atoms with Crippen molar-refractivity contribution in [1.29, 1.82) is 0 Å². The average Bonchev–Trinajstić information content (AvgIpc) is 3.00. The number of allylic oxidation sites excluding steroid dienone is 2. The minimum absolute atomic E-state index is 0.0138. The Labute approximate surface area is 141 Å². The largest absolute Gasteiger partial charge is 0.206 e. The van der Waals surface area contributed by atoms with Crippen molar-refractivity contribution in [2.45, 2.75) is 32.6 Å². The zero-order valence-electron chi connectivity index (χ0n) is 14.1. The van der Waals surface area contributed by atoms with E-state index in [-0.39, 0.29) is 29.4 Å². The van der Waals surface area contributed by atoms with E-state index in [9.17, 15) is 8.78 Å².